The molecule has 0 radical (unpaired) electrons. The highest BCUT2D eigenvalue weighted by atomic mass is 16.5. The van der Waals surface area contributed by atoms with Gasteiger partial charge in [-0.25, -0.2) is 4.98 Å². The molecule has 1 aromatic heterocycles. The van der Waals surface area contributed by atoms with E-state index in [1.165, 1.54) is 37.7 Å². The summed E-state index contributed by atoms with van der Waals surface area (Å²) in [6.07, 6.45) is 8.82. The highest BCUT2D eigenvalue weighted by Crippen LogP contribution is 2.42. The van der Waals surface area contributed by atoms with Gasteiger partial charge in [-0.2, -0.15) is 0 Å². The second-order valence-corrected chi connectivity index (χ2v) is 6.62. The number of aromatic nitrogens is 1. The van der Waals surface area contributed by atoms with Crippen molar-refractivity contribution in [1.82, 2.24) is 10.3 Å². The third kappa shape index (κ3) is 4.20. The van der Waals surface area contributed by atoms with Gasteiger partial charge in [0, 0.05) is 25.4 Å². The first-order chi connectivity index (χ1) is 9.63. The lowest BCUT2D eigenvalue weighted by atomic mass is 9.78. The molecule has 1 saturated carbocycles. The maximum atomic E-state index is 5.08. The number of hydrogen-bond donors (Lipinski definition) is 1. The second kappa shape index (κ2) is 7.07. The largest absolute Gasteiger partial charge is 0.481 e. The third-order valence-corrected chi connectivity index (χ3v) is 4.34. The van der Waals surface area contributed by atoms with Crippen molar-refractivity contribution >= 4 is 0 Å². The second-order valence-electron chi connectivity index (χ2n) is 6.62. The zero-order valence-electron chi connectivity index (χ0n) is 13.1. The Morgan fingerprint density at radius 3 is 2.60 bits per heavy atom. The first-order valence-corrected chi connectivity index (χ1v) is 7.83. The monoisotopic (exact) mass is 276 g/mol. The van der Waals surface area contributed by atoms with E-state index in [4.69, 9.17) is 4.74 Å². The summed E-state index contributed by atoms with van der Waals surface area (Å²) in [5, 5.41) is 3.65. The fourth-order valence-electron chi connectivity index (χ4n) is 3.55. The average Bonchev–Trinajstić information content (AvgIpc) is 2.87. The van der Waals surface area contributed by atoms with E-state index in [-0.39, 0.29) is 0 Å². The molecule has 0 bridgehead atoms. The molecule has 2 rings (SSSR count). The maximum Gasteiger partial charge on any atom is 0.212 e. The van der Waals surface area contributed by atoms with Crippen molar-refractivity contribution in [1.29, 1.82) is 0 Å². The van der Waals surface area contributed by atoms with Crippen molar-refractivity contribution in [2.75, 3.05) is 13.7 Å². The van der Waals surface area contributed by atoms with Gasteiger partial charge in [0.1, 0.15) is 0 Å². The molecule has 20 heavy (non-hydrogen) atoms. The fraction of sp³-hybridized carbons (Fsp3) is 0.706. The molecule has 1 aromatic rings. The minimum atomic E-state index is 0.536. The fourth-order valence-corrected chi connectivity index (χ4v) is 3.55. The quantitative estimate of drug-likeness (QED) is 0.823. The van der Waals surface area contributed by atoms with Crippen LogP contribution < -0.4 is 10.1 Å². The van der Waals surface area contributed by atoms with Gasteiger partial charge in [0.25, 0.3) is 0 Å². The third-order valence-electron chi connectivity index (χ3n) is 4.34. The summed E-state index contributed by atoms with van der Waals surface area (Å²) in [6, 6.07) is 4.01. The number of nitrogens with zero attached hydrogens (tertiary/aromatic N) is 1. The van der Waals surface area contributed by atoms with Crippen LogP contribution in [-0.2, 0) is 6.54 Å². The van der Waals surface area contributed by atoms with Crippen LogP contribution in [0.15, 0.2) is 18.3 Å². The Morgan fingerprint density at radius 1 is 1.30 bits per heavy atom. The molecule has 1 aliphatic carbocycles. The Kier molecular flexibility index (Phi) is 5.41. The Bertz CT molecular complexity index is 394. The van der Waals surface area contributed by atoms with Crippen LogP contribution in [0, 0.1) is 11.3 Å². The van der Waals surface area contributed by atoms with E-state index in [1.807, 2.05) is 12.3 Å². The van der Waals surface area contributed by atoms with Crippen LogP contribution in [0.5, 0.6) is 5.88 Å². The van der Waals surface area contributed by atoms with Gasteiger partial charge in [0.2, 0.25) is 5.88 Å². The summed E-state index contributed by atoms with van der Waals surface area (Å²) in [4.78, 5) is 4.25. The number of ether oxygens (including phenoxy) is 1. The van der Waals surface area contributed by atoms with Crippen molar-refractivity contribution in [3.63, 3.8) is 0 Å². The van der Waals surface area contributed by atoms with Crippen LogP contribution >= 0.6 is 0 Å². The lowest BCUT2D eigenvalue weighted by molar-refractivity contribution is 0.223. The summed E-state index contributed by atoms with van der Waals surface area (Å²) < 4.78 is 5.08. The van der Waals surface area contributed by atoms with Gasteiger partial charge in [-0.05, 0) is 36.2 Å². The van der Waals surface area contributed by atoms with Crippen LogP contribution in [-0.4, -0.2) is 18.6 Å². The Morgan fingerprint density at radius 2 is 2.05 bits per heavy atom. The average molecular weight is 276 g/mol. The van der Waals surface area contributed by atoms with E-state index >= 15 is 0 Å². The summed E-state index contributed by atoms with van der Waals surface area (Å²) >= 11 is 0. The molecule has 0 aromatic carbocycles. The van der Waals surface area contributed by atoms with Crippen LogP contribution in [0.4, 0.5) is 0 Å². The minimum Gasteiger partial charge on any atom is -0.481 e. The van der Waals surface area contributed by atoms with Crippen molar-refractivity contribution in [3.05, 3.63) is 23.9 Å². The molecule has 1 fully saturated rings. The van der Waals surface area contributed by atoms with E-state index in [0.717, 1.165) is 19.0 Å². The van der Waals surface area contributed by atoms with Gasteiger partial charge in [0.05, 0.1) is 7.11 Å². The molecule has 0 spiro atoms. The first-order valence-electron chi connectivity index (χ1n) is 7.83. The Hall–Kier alpha value is -1.09. The zero-order valence-corrected chi connectivity index (χ0v) is 13.1. The molecular weight excluding hydrogens is 248 g/mol. The molecule has 1 heterocycles. The number of rotatable bonds is 7. The van der Waals surface area contributed by atoms with Crippen molar-refractivity contribution < 1.29 is 4.74 Å². The zero-order chi connectivity index (χ0) is 14.4. The van der Waals surface area contributed by atoms with Crippen molar-refractivity contribution in [2.45, 2.75) is 52.5 Å². The Labute approximate surface area is 123 Å². The van der Waals surface area contributed by atoms with Crippen LogP contribution in [0.25, 0.3) is 0 Å². The molecule has 0 atom stereocenters. The first kappa shape index (κ1) is 15.3. The topological polar surface area (TPSA) is 34.1 Å². The summed E-state index contributed by atoms with van der Waals surface area (Å²) in [5.74, 6) is 1.47. The molecule has 1 aliphatic rings. The van der Waals surface area contributed by atoms with Crippen molar-refractivity contribution in [3.8, 4) is 5.88 Å². The summed E-state index contributed by atoms with van der Waals surface area (Å²) in [6.45, 7) is 6.72. The number of pyridine rings is 1. The van der Waals surface area contributed by atoms with Gasteiger partial charge >= 0.3 is 0 Å². The predicted octanol–water partition coefficient (Wildman–Crippen LogP) is 3.79. The number of methoxy groups -OCH3 is 1. The van der Waals surface area contributed by atoms with Gasteiger partial charge in [-0.15, -0.1) is 0 Å². The summed E-state index contributed by atoms with van der Waals surface area (Å²) in [5.41, 5.74) is 1.76. The molecule has 0 unspecified atom stereocenters. The van der Waals surface area contributed by atoms with Crippen LogP contribution in [0.3, 0.4) is 0 Å². The molecule has 0 saturated heterocycles. The standard InChI is InChI=1S/C17H28N2O/c1-14(2)10-17(8-4-5-9-17)13-18-11-15-6-7-16(20-3)19-12-15/h6-7,12,14,18H,4-5,8-11,13H2,1-3H3. The van der Waals surface area contributed by atoms with E-state index < -0.39 is 0 Å². The molecular formula is C17H28N2O. The smallest absolute Gasteiger partial charge is 0.212 e. The van der Waals surface area contributed by atoms with E-state index in [9.17, 15) is 0 Å². The molecule has 3 nitrogen and oxygen atoms in total. The van der Waals surface area contributed by atoms with Crippen molar-refractivity contribution in [2.24, 2.45) is 11.3 Å². The molecule has 3 heteroatoms. The van der Waals surface area contributed by atoms with E-state index in [2.05, 4.69) is 30.2 Å². The van der Waals surface area contributed by atoms with Gasteiger partial charge in [-0.1, -0.05) is 32.8 Å². The normalized spacial score (nSPS) is 17.6. The van der Waals surface area contributed by atoms with Gasteiger partial charge < -0.3 is 10.1 Å². The lowest BCUT2D eigenvalue weighted by Crippen LogP contribution is -2.33. The number of hydrogen-bond acceptors (Lipinski definition) is 3. The SMILES string of the molecule is COc1ccc(CNCC2(CC(C)C)CCCC2)cn1. The van der Waals surface area contributed by atoms with Gasteiger partial charge in [0.15, 0.2) is 0 Å². The maximum absolute atomic E-state index is 5.08. The van der Waals surface area contributed by atoms with Crippen LogP contribution in [0.2, 0.25) is 0 Å². The lowest BCUT2D eigenvalue weighted by Gasteiger charge is -2.31. The highest BCUT2D eigenvalue weighted by Gasteiger charge is 2.33. The summed E-state index contributed by atoms with van der Waals surface area (Å²) in [7, 11) is 1.65. The van der Waals surface area contributed by atoms with Crippen LogP contribution in [0.1, 0.15) is 51.5 Å². The predicted molar refractivity (Wildman–Crippen MR) is 82.9 cm³/mol. The highest BCUT2D eigenvalue weighted by molar-refractivity contribution is 5.17. The Balaban J connectivity index is 1.83. The molecule has 0 aliphatic heterocycles. The molecule has 112 valence electrons. The van der Waals surface area contributed by atoms with E-state index in [0.29, 0.717) is 11.3 Å². The number of nitrogens with one attached hydrogen (secondary N) is 1. The van der Waals surface area contributed by atoms with Gasteiger partial charge in [-0.3, -0.25) is 0 Å². The van der Waals surface area contributed by atoms with E-state index in [1.54, 1.807) is 7.11 Å². The molecule has 0 amide bonds. The minimum absolute atomic E-state index is 0.536. The molecule has 1 N–H and O–H groups in total.